The minimum atomic E-state index is -3.19. The van der Waals surface area contributed by atoms with Gasteiger partial charge in [-0.05, 0) is 42.3 Å². The van der Waals surface area contributed by atoms with Crippen LogP contribution in [-0.2, 0) is 16.3 Å². The Kier molecular flexibility index (Phi) is 3.02. The van der Waals surface area contributed by atoms with Gasteiger partial charge < -0.3 is 10.4 Å². The van der Waals surface area contributed by atoms with Crippen LogP contribution in [0, 0.1) is 0 Å². The number of nitrogens with zero attached hydrogens (tertiary/aromatic N) is 1. The number of pyridine rings is 1. The van der Waals surface area contributed by atoms with Crippen LogP contribution in [0.15, 0.2) is 53.6 Å². The SMILES string of the molecule is O=S1(=O)CCc2c1ccc1nccc(Nc3cccc(O)c3)c21. The van der Waals surface area contributed by atoms with E-state index in [1.54, 1.807) is 36.5 Å². The fraction of sp³-hybridized carbons (Fsp3) is 0.118. The van der Waals surface area contributed by atoms with Gasteiger partial charge in [0.15, 0.2) is 9.84 Å². The summed E-state index contributed by atoms with van der Waals surface area (Å²) < 4.78 is 24.3. The summed E-state index contributed by atoms with van der Waals surface area (Å²) in [6.45, 7) is 0. The average molecular weight is 326 g/mol. The van der Waals surface area contributed by atoms with Crippen molar-refractivity contribution in [3.05, 3.63) is 54.2 Å². The first-order chi connectivity index (χ1) is 11.0. The highest BCUT2D eigenvalue weighted by Gasteiger charge is 2.28. The quantitative estimate of drug-likeness (QED) is 0.757. The van der Waals surface area contributed by atoms with Gasteiger partial charge in [0.2, 0.25) is 0 Å². The molecule has 6 heteroatoms. The topological polar surface area (TPSA) is 79.3 Å². The summed E-state index contributed by atoms with van der Waals surface area (Å²) >= 11 is 0. The molecule has 2 heterocycles. The molecule has 1 aliphatic heterocycles. The van der Waals surface area contributed by atoms with E-state index >= 15 is 0 Å². The van der Waals surface area contributed by atoms with Crippen LogP contribution < -0.4 is 5.32 Å². The first kappa shape index (κ1) is 14.0. The maximum atomic E-state index is 12.1. The fourth-order valence-corrected chi connectivity index (χ4v) is 4.58. The highest BCUT2D eigenvalue weighted by atomic mass is 32.2. The number of rotatable bonds is 2. The lowest BCUT2D eigenvalue weighted by atomic mass is 10.0. The molecule has 0 radical (unpaired) electrons. The molecule has 5 nitrogen and oxygen atoms in total. The predicted molar refractivity (Wildman–Crippen MR) is 88.9 cm³/mol. The van der Waals surface area contributed by atoms with Gasteiger partial charge in [0.05, 0.1) is 16.2 Å². The van der Waals surface area contributed by atoms with Gasteiger partial charge in [0, 0.05) is 29.0 Å². The maximum Gasteiger partial charge on any atom is 0.179 e. The van der Waals surface area contributed by atoms with Crippen molar-refractivity contribution in [2.24, 2.45) is 0 Å². The number of nitrogens with one attached hydrogen (secondary N) is 1. The molecule has 0 unspecified atom stereocenters. The number of fused-ring (bicyclic) bond motifs is 3. The fourth-order valence-electron chi connectivity index (χ4n) is 3.03. The van der Waals surface area contributed by atoms with E-state index in [1.807, 2.05) is 12.1 Å². The molecule has 1 aromatic heterocycles. The molecule has 0 fully saturated rings. The molecule has 0 spiro atoms. The zero-order valence-electron chi connectivity index (χ0n) is 12.2. The molecule has 2 aromatic carbocycles. The van der Waals surface area contributed by atoms with Crippen LogP contribution in [0.5, 0.6) is 5.75 Å². The molecular formula is C17H14N2O3S. The van der Waals surface area contributed by atoms with E-state index in [4.69, 9.17) is 0 Å². The van der Waals surface area contributed by atoms with Crippen molar-refractivity contribution in [3.63, 3.8) is 0 Å². The van der Waals surface area contributed by atoms with E-state index in [0.29, 0.717) is 11.3 Å². The largest absolute Gasteiger partial charge is 0.508 e. The second-order valence-corrected chi connectivity index (χ2v) is 7.62. The molecule has 2 N–H and O–H groups in total. The number of aryl methyl sites for hydroxylation is 1. The zero-order valence-corrected chi connectivity index (χ0v) is 13.0. The van der Waals surface area contributed by atoms with E-state index in [0.717, 1.165) is 27.8 Å². The van der Waals surface area contributed by atoms with Gasteiger partial charge >= 0.3 is 0 Å². The van der Waals surface area contributed by atoms with E-state index in [1.165, 1.54) is 0 Å². The summed E-state index contributed by atoms with van der Waals surface area (Å²) in [6.07, 6.45) is 2.18. The van der Waals surface area contributed by atoms with Crippen molar-refractivity contribution in [1.82, 2.24) is 4.98 Å². The van der Waals surface area contributed by atoms with Crippen LogP contribution >= 0.6 is 0 Å². The van der Waals surface area contributed by atoms with E-state index in [-0.39, 0.29) is 11.5 Å². The minimum Gasteiger partial charge on any atom is -0.508 e. The molecule has 4 rings (SSSR count). The Bertz CT molecular complexity index is 1030. The highest BCUT2D eigenvalue weighted by molar-refractivity contribution is 7.91. The van der Waals surface area contributed by atoms with Gasteiger partial charge in [-0.15, -0.1) is 0 Å². The standard InChI is InChI=1S/C17H14N2O3S/c20-12-3-1-2-11(10-12)19-15-6-8-18-14-4-5-16-13(17(14)15)7-9-23(16,21)22/h1-6,8,10,20H,7,9H2,(H,18,19). The van der Waals surface area contributed by atoms with Crippen molar-refractivity contribution in [2.75, 3.05) is 11.1 Å². The molecule has 0 bridgehead atoms. The Labute approximate surface area is 133 Å². The van der Waals surface area contributed by atoms with Crippen LogP contribution in [0.25, 0.3) is 10.9 Å². The third kappa shape index (κ3) is 2.31. The lowest BCUT2D eigenvalue weighted by molar-refractivity contribution is 0.475. The van der Waals surface area contributed by atoms with Gasteiger partial charge in [-0.1, -0.05) is 6.07 Å². The number of hydrogen-bond donors (Lipinski definition) is 2. The number of anilines is 2. The van der Waals surface area contributed by atoms with Crippen LogP contribution in [0.3, 0.4) is 0 Å². The number of phenolic OH excluding ortho intramolecular Hbond substituents is 1. The lowest BCUT2D eigenvalue weighted by Crippen LogP contribution is -1.98. The zero-order chi connectivity index (χ0) is 16.0. The van der Waals surface area contributed by atoms with Gasteiger partial charge in [-0.3, -0.25) is 4.98 Å². The molecule has 1 aliphatic rings. The first-order valence-electron chi connectivity index (χ1n) is 7.24. The van der Waals surface area contributed by atoms with Gasteiger partial charge in [-0.25, -0.2) is 8.42 Å². The third-order valence-electron chi connectivity index (χ3n) is 4.05. The summed E-state index contributed by atoms with van der Waals surface area (Å²) in [5.74, 6) is 0.309. The number of phenols is 1. The van der Waals surface area contributed by atoms with E-state index < -0.39 is 9.84 Å². The molecule has 0 saturated heterocycles. The lowest BCUT2D eigenvalue weighted by Gasteiger charge is -2.12. The van der Waals surface area contributed by atoms with Gasteiger partial charge in [0.1, 0.15) is 5.75 Å². The molecule has 3 aromatic rings. The third-order valence-corrected chi connectivity index (χ3v) is 5.85. The van der Waals surface area contributed by atoms with E-state index in [9.17, 15) is 13.5 Å². The number of hydrogen-bond acceptors (Lipinski definition) is 5. The Morgan fingerprint density at radius 1 is 1.13 bits per heavy atom. The van der Waals surface area contributed by atoms with Gasteiger partial charge in [0.25, 0.3) is 0 Å². The summed E-state index contributed by atoms with van der Waals surface area (Å²) in [7, 11) is -3.19. The van der Waals surface area contributed by atoms with Crippen LogP contribution in [0.1, 0.15) is 5.56 Å². The number of benzene rings is 2. The van der Waals surface area contributed by atoms with Crippen molar-refractivity contribution < 1.29 is 13.5 Å². The molecule has 0 aliphatic carbocycles. The summed E-state index contributed by atoms with van der Waals surface area (Å²) in [4.78, 5) is 4.74. The predicted octanol–water partition coefficient (Wildman–Crippen LogP) is 3.01. The summed E-state index contributed by atoms with van der Waals surface area (Å²) in [5.41, 5.74) is 3.09. The first-order valence-corrected chi connectivity index (χ1v) is 8.89. The molecule has 116 valence electrons. The van der Waals surface area contributed by atoms with Crippen LogP contribution in [0.4, 0.5) is 11.4 Å². The number of aromatic hydroxyl groups is 1. The molecular weight excluding hydrogens is 312 g/mol. The summed E-state index contributed by atoms with van der Waals surface area (Å²) in [5, 5.41) is 13.7. The van der Waals surface area contributed by atoms with Crippen molar-refractivity contribution >= 4 is 32.1 Å². The Hall–Kier alpha value is -2.60. The van der Waals surface area contributed by atoms with E-state index in [2.05, 4.69) is 10.3 Å². The Morgan fingerprint density at radius 3 is 2.83 bits per heavy atom. The monoisotopic (exact) mass is 326 g/mol. The Morgan fingerprint density at radius 2 is 2.00 bits per heavy atom. The molecule has 0 saturated carbocycles. The van der Waals surface area contributed by atoms with Crippen LogP contribution in [0.2, 0.25) is 0 Å². The maximum absolute atomic E-state index is 12.1. The van der Waals surface area contributed by atoms with Crippen molar-refractivity contribution in [1.29, 1.82) is 0 Å². The van der Waals surface area contributed by atoms with Crippen molar-refractivity contribution in [2.45, 2.75) is 11.3 Å². The van der Waals surface area contributed by atoms with Crippen LogP contribution in [-0.4, -0.2) is 24.3 Å². The minimum absolute atomic E-state index is 0.141. The smallest absolute Gasteiger partial charge is 0.179 e. The molecule has 0 atom stereocenters. The average Bonchev–Trinajstić information content (AvgIpc) is 2.83. The second kappa shape index (κ2) is 4.96. The highest BCUT2D eigenvalue weighted by Crippen LogP contribution is 2.36. The summed E-state index contributed by atoms with van der Waals surface area (Å²) in [6, 6.07) is 12.0. The normalized spacial score (nSPS) is 15.5. The van der Waals surface area contributed by atoms with Crippen molar-refractivity contribution in [3.8, 4) is 5.75 Å². The second-order valence-electron chi connectivity index (χ2n) is 5.54. The molecule has 0 amide bonds. The molecule has 23 heavy (non-hydrogen) atoms. The number of sulfone groups is 1. The van der Waals surface area contributed by atoms with Gasteiger partial charge in [-0.2, -0.15) is 0 Å². The number of aromatic nitrogens is 1. The Balaban J connectivity index is 1.92.